The minimum atomic E-state index is -4.53. The number of carbonyl (C=O) groups is 1. The Hall–Kier alpha value is -2.30. The van der Waals surface area contributed by atoms with Gasteiger partial charge in [-0.1, -0.05) is 23.2 Å². The molecule has 0 unspecified atom stereocenters. The van der Waals surface area contributed by atoms with E-state index < -0.39 is 18.6 Å². The molecule has 3 aromatic rings. The quantitative estimate of drug-likeness (QED) is 0.569. The number of nitrogens with zero attached hydrogens (tertiary/aromatic N) is 2. The van der Waals surface area contributed by atoms with Crippen LogP contribution in [0.15, 0.2) is 18.2 Å². The van der Waals surface area contributed by atoms with Gasteiger partial charge in [-0.05, 0) is 18.2 Å². The van der Waals surface area contributed by atoms with Crippen LogP contribution >= 0.6 is 34.5 Å². The van der Waals surface area contributed by atoms with Crippen molar-refractivity contribution in [3.8, 4) is 17.0 Å². The molecule has 0 spiro atoms. The molecular weight excluding hydrogens is 428 g/mol. The van der Waals surface area contributed by atoms with E-state index in [0.29, 0.717) is 5.39 Å². The number of phenolic OH excluding ortho intramolecular Hbond substituents is 1. The highest BCUT2D eigenvalue weighted by molar-refractivity contribution is 7.20. The average Bonchev–Trinajstić information content (AvgIpc) is 2.98. The van der Waals surface area contributed by atoms with Crippen molar-refractivity contribution in [3.05, 3.63) is 33.1 Å². The minimum Gasteiger partial charge on any atom is -0.506 e. The molecule has 6 nitrogen and oxygen atoms in total. The molecule has 0 aliphatic heterocycles. The fourth-order valence-corrected chi connectivity index (χ4v) is 3.67. The number of thiophene rings is 1. The van der Waals surface area contributed by atoms with Crippen molar-refractivity contribution >= 4 is 56.6 Å². The number of nitrogens with one attached hydrogen (secondary N) is 1. The van der Waals surface area contributed by atoms with Crippen molar-refractivity contribution in [2.24, 2.45) is 0 Å². The number of aromatic hydroxyl groups is 1. The first-order valence-electron chi connectivity index (χ1n) is 7.15. The number of nitrogens with two attached hydrogens (primary N) is 1. The van der Waals surface area contributed by atoms with E-state index in [0.717, 1.165) is 11.3 Å². The number of aromatic nitrogens is 2. The summed E-state index contributed by atoms with van der Waals surface area (Å²) in [6.07, 6.45) is -4.53. The third kappa shape index (κ3) is 4.18. The van der Waals surface area contributed by atoms with Crippen LogP contribution in [-0.4, -0.2) is 33.7 Å². The highest BCUT2D eigenvalue weighted by atomic mass is 35.5. The zero-order valence-corrected chi connectivity index (χ0v) is 15.4. The van der Waals surface area contributed by atoms with Gasteiger partial charge in [0.15, 0.2) is 0 Å². The zero-order chi connectivity index (χ0) is 19.9. The summed E-state index contributed by atoms with van der Waals surface area (Å²) in [5.41, 5.74) is 6.17. The van der Waals surface area contributed by atoms with Crippen molar-refractivity contribution < 1.29 is 23.1 Å². The maximum atomic E-state index is 12.3. The third-order valence-electron chi connectivity index (χ3n) is 3.37. The predicted octanol–water partition coefficient (Wildman–Crippen LogP) is 4.24. The minimum absolute atomic E-state index is 0.00953. The smallest absolute Gasteiger partial charge is 0.405 e. The van der Waals surface area contributed by atoms with Crippen LogP contribution in [0.5, 0.6) is 5.75 Å². The number of fused-ring (bicyclic) bond motifs is 1. The molecule has 2 aromatic heterocycles. The van der Waals surface area contributed by atoms with E-state index in [9.17, 15) is 23.1 Å². The largest absolute Gasteiger partial charge is 0.506 e. The number of phenols is 1. The second-order valence-corrected chi connectivity index (χ2v) is 7.19. The van der Waals surface area contributed by atoms with Crippen molar-refractivity contribution in [2.75, 3.05) is 12.3 Å². The molecule has 142 valence electrons. The van der Waals surface area contributed by atoms with Gasteiger partial charge in [0.2, 0.25) is 5.95 Å². The van der Waals surface area contributed by atoms with Crippen molar-refractivity contribution in [1.82, 2.24) is 15.3 Å². The van der Waals surface area contributed by atoms with E-state index in [1.807, 2.05) is 0 Å². The molecular formula is C15H9Cl2F3N4O2S. The Morgan fingerprint density at radius 2 is 1.93 bits per heavy atom. The summed E-state index contributed by atoms with van der Waals surface area (Å²) in [6.45, 7) is -1.46. The topological polar surface area (TPSA) is 101 Å². The molecule has 0 atom stereocenters. The lowest BCUT2D eigenvalue weighted by atomic mass is 10.1. The summed E-state index contributed by atoms with van der Waals surface area (Å²) >= 11 is 12.8. The molecule has 0 saturated heterocycles. The molecule has 0 aliphatic carbocycles. The van der Waals surface area contributed by atoms with Gasteiger partial charge in [0.25, 0.3) is 5.91 Å². The number of hydrogen-bond donors (Lipinski definition) is 3. The number of nitrogen functional groups attached to an aromatic ring is 1. The molecule has 1 aromatic carbocycles. The number of carbonyl (C=O) groups excluding carboxylic acids is 1. The highest BCUT2D eigenvalue weighted by Gasteiger charge is 2.28. The van der Waals surface area contributed by atoms with Crippen LogP contribution in [0.4, 0.5) is 19.1 Å². The molecule has 12 heteroatoms. The Balaban J connectivity index is 2.09. The lowest BCUT2D eigenvalue weighted by molar-refractivity contribution is -0.123. The Morgan fingerprint density at radius 3 is 2.59 bits per heavy atom. The van der Waals surface area contributed by atoms with Crippen LogP contribution in [0.1, 0.15) is 9.67 Å². The number of amides is 1. The zero-order valence-electron chi connectivity index (χ0n) is 13.1. The summed E-state index contributed by atoms with van der Waals surface area (Å²) in [7, 11) is 0. The lowest BCUT2D eigenvalue weighted by Crippen LogP contribution is -2.33. The van der Waals surface area contributed by atoms with Crippen LogP contribution in [-0.2, 0) is 0 Å². The fourth-order valence-electron chi connectivity index (χ4n) is 2.24. The summed E-state index contributed by atoms with van der Waals surface area (Å²) in [5.74, 6) is -1.29. The molecule has 0 bridgehead atoms. The van der Waals surface area contributed by atoms with Gasteiger partial charge in [0.05, 0.1) is 20.6 Å². The van der Waals surface area contributed by atoms with Gasteiger partial charge < -0.3 is 16.2 Å². The second-order valence-electron chi connectivity index (χ2n) is 5.34. The summed E-state index contributed by atoms with van der Waals surface area (Å²) in [4.78, 5) is 20.3. The van der Waals surface area contributed by atoms with Crippen molar-refractivity contribution in [3.63, 3.8) is 0 Å². The fraction of sp³-hybridized carbons (Fsp3) is 0.133. The lowest BCUT2D eigenvalue weighted by Gasteiger charge is -2.08. The molecule has 1 amide bonds. The summed E-state index contributed by atoms with van der Waals surface area (Å²) < 4.78 is 36.9. The van der Waals surface area contributed by atoms with E-state index in [-0.39, 0.29) is 42.7 Å². The second kappa shape index (κ2) is 7.02. The summed E-state index contributed by atoms with van der Waals surface area (Å²) in [6, 6.07) is 3.91. The van der Waals surface area contributed by atoms with Crippen LogP contribution in [0.2, 0.25) is 10.0 Å². The average molecular weight is 437 g/mol. The van der Waals surface area contributed by atoms with Gasteiger partial charge in [-0.2, -0.15) is 13.2 Å². The SMILES string of the molecule is Nc1nc(-c2cc(O)c(Cl)cc2Cl)c2cc(C(=O)NCC(F)(F)F)sc2n1. The maximum Gasteiger partial charge on any atom is 0.405 e. The van der Waals surface area contributed by atoms with E-state index in [1.165, 1.54) is 18.2 Å². The van der Waals surface area contributed by atoms with Gasteiger partial charge in [-0.15, -0.1) is 11.3 Å². The van der Waals surface area contributed by atoms with Gasteiger partial charge in [-0.25, -0.2) is 9.97 Å². The van der Waals surface area contributed by atoms with Gasteiger partial charge in [0, 0.05) is 10.9 Å². The van der Waals surface area contributed by atoms with Crippen molar-refractivity contribution in [2.45, 2.75) is 6.18 Å². The molecule has 0 aliphatic rings. The molecule has 27 heavy (non-hydrogen) atoms. The van der Waals surface area contributed by atoms with Gasteiger partial charge in [-0.3, -0.25) is 4.79 Å². The van der Waals surface area contributed by atoms with Crippen molar-refractivity contribution in [1.29, 1.82) is 0 Å². The third-order valence-corrected chi connectivity index (χ3v) is 5.02. The van der Waals surface area contributed by atoms with Crippen LogP contribution in [0.25, 0.3) is 21.5 Å². The van der Waals surface area contributed by atoms with Crippen LogP contribution in [0, 0.1) is 0 Å². The molecule has 0 fully saturated rings. The molecule has 0 radical (unpaired) electrons. The molecule has 0 saturated carbocycles. The first kappa shape index (κ1) is 19.5. The molecule has 4 N–H and O–H groups in total. The van der Waals surface area contributed by atoms with E-state index >= 15 is 0 Å². The first-order valence-corrected chi connectivity index (χ1v) is 8.73. The number of rotatable bonds is 3. The van der Waals surface area contributed by atoms with E-state index in [1.54, 1.807) is 5.32 Å². The molecule has 2 heterocycles. The van der Waals surface area contributed by atoms with E-state index in [2.05, 4.69) is 9.97 Å². The summed E-state index contributed by atoms with van der Waals surface area (Å²) in [5, 5.41) is 12.1. The maximum absolute atomic E-state index is 12.3. The standard InChI is InChI=1S/C15H9Cl2F3N4O2S/c16-7-3-8(17)9(25)1-5(7)11-6-2-10(12(26)22-4-15(18,19)20)27-13(6)24-14(21)23-11/h1-3,25H,4H2,(H,22,26)(H2,21,23,24). The Kier molecular flexibility index (Phi) is 5.06. The Labute approximate surface area is 163 Å². The normalized spacial score (nSPS) is 11.7. The first-order chi connectivity index (χ1) is 12.5. The van der Waals surface area contributed by atoms with Gasteiger partial charge >= 0.3 is 6.18 Å². The Bertz CT molecular complexity index is 1060. The predicted molar refractivity (Wildman–Crippen MR) is 97.3 cm³/mol. The number of alkyl halides is 3. The highest BCUT2D eigenvalue weighted by Crippen LogP contribution is 2.39. The van der Waals surface area contributed by atoms with Gasteiger partial charge in [0.1, 0.15) is 17.1 Å². The number of halogens is 5. The van der Waals surface area contributed by atoms with E-state index in [4.69, 9.17) is 28.9 Å². The monoisotopic (exact) mass is 436 g/mol. The molecule has 3 rings (SSSR count). The van der Waals surface area contributed by atoms with Crippen LogP contribution < -0.4 is 11.1 Å². The number of benzene rings is 1. The van der Waals surface area contributed by atoms with Crippen LogP contribution in [0.3, 0.4) is 0 Å². The number of hydrogen-bond acceptors (Lipinski definition) is 6. The Morgan fingerprint density at radius 1 is 1.22 bits per heavy atom. The number of anilines is 1.